The molecule has 0 amide bonds. The third-order valence-corrected chi connectivity index (χ3v) is 2.02. The highest BCUT2D eigenvalue weighted by atomic mass is 19.4. The van der Waals surface area contributed by atoms with E-state index in [1.807, 2.05) is 0 Å². The molecule has 0 atom stereocenters. The van der Waals surface area contributed by atoms with Crippen LogP contribution in [0.15, 0.2) is 12.1 Å². The molecule has 1 aromatic rings. The van der Waals surface area contributed by atoms with Gasteiger partial charge in [-0.2, -0.15) is 14.0 Å². The Hall–Kier alpha value is -2.57. The standard InChI is InChI=1S/C11H6F5NO4/c1-19-9(18)6-2-5(4-17)3-7(20-10(12)13)8(6)21-11(14,15)16/h2-3,10H,1H3. The number of carbonyl (C=O) groups excluding carboxylic acids is 1. The molecule has 0 aliphatic carbocycles. The molecule has 0 spiro atoms. The van der Waals surface area contributed by atoms with Crippen LogP contribution in [0, 0.1) is 11.3 Å². The molecule has 0 N–H and O–H groups in total. The fraction of sp³-hybridized carbons (Fsp3) is 0.273. The van der Waals surface area contributed by atoms with Crippen LogP contribution < -0.4 is 9.47 Å². The number of hydrogen-bond acceptors (Lipinski definition) is 5. The highest BCUT2D eigenvalue weighted by Gasteiger charge is 2.36. The second kappa shape index (κ2) is 6.25. The van der Waals surface area contributed by atoms with E-state index in [0.717, 1.165) is 7.11 Å². The van der Waals surface area contributed by atoms with Crippen LogP contribution in [-0.4, -0.2) is 26.1 Å². The molecule has 1 aromatic carbocycles. The first-order valence-electron chi connectivity index (χ1n) is 5.05. The number of hydrogen-bond donors (Lipinski definition) is 0. The van der Waals surface area contributed by atoms with E-state index in [1.54, 1.807) is 0 Å². The van der Waals surface area contributed by atoms with Gasteiger partial charge in [0.1, 0.15) is 5.56 Å². The zero-order valence-corrected chi connectivity index (χ0v) is 10.2. The minimum absolute atomic E-state index is 0.388. The summed E-state index contributed by atoms with van der Waals surface area (Å²) in [6.07, 6.45) is -5.27. The molecule has 0 aliphatic rings. The summed E-state index contributed by atoms with van der Waals surface area (Å²) in [5.74, 6) is -3.74. The maximum absolute atomic E-state index is 12.3. The van der Waals surface area contributed by atoms with E-state index < -0.39 is 36.0 Å². The summed E-state index contributed by atoms with van der Waals surface area (Å²) in [7, 11) is 0.854. The van der Waals surface area contributed by atoms with Crippen molar-refractivity contribution in [1.82, 2.24) is 0 Å². The lowest BCUT2D eigenvalue weighted by atomic mass is 10.1. The van der Waals surface area contributed by atoms with Gasteiger partial charge in [0.15, 0.2) is 11.5 Å². The number of nitriles is 1. The average molecular weight is 311 g/mol. The zero-order chi connectivity index (χ0) is 16.2. The highest BCUT2D eigenvalue weighted by molar-refractivity contribution is 5.94. The van der Waals surface area contributed by atoms with Crippen LogP contribution in [0.2, 0.25) is 0 Å². The predicted molar refractivity (Wildman–Crippen MR) is 55.8 cm³/mol. The van der Waals surface area contributed by atoms with Gasteiger partial charge in [-0.05, 0) is 6.07 Å². The molecule has 0 radical (unpaired) electrons. The van der Waals surface area contributed by atoms with Gasteiger partial charge in [0, 0.05) is 6.07 Å². The smallest absolute Gasteiger partial charge is 0.465 e. The maximum Gasteiger partial charge on any atom is 0.573 e. The Labute approximate surface area is 114 Å². The van der Waals surface area contributed by atoms with E-state index in [1.165, 1.54) is 6.07 Å². The minimum atomic E-state index is -5.27. The van der Waals surface area contributed by atoms with Crippen LogP contribution in [0.5, 0.6) is 11.5 Å². The Bertz CT molecular complexity index is 579. The molecule has 0 heterocycles. The predicted octanol–water partition coefficient (Wildman–Crippen LogP) is 2.84. The normalized spacial score (nSPS) is 11.0. The molecule has 0 saturated carbocycles. The maximum atomic E-state index is 12.3. The quantitative estimate of drug-likeness (QED) is 0.632. The van der Waals surface area contributed by atoms with Crippen LogP contribution >= 0.6 is 0 Å². The minimum Gasteiger partial charge on any atom is -0.465 e. The number of benzene rings is 1. The Morgan fingerprint density at radius 3 is 2.38 bits per heavy atom. The van der Waals surface area contributed by atoms with Crippen LogP contribution in [0.3, 0.4) is 0 Å². The van der Waals surface area contributed by atoms with Gasteiger partial charge >= 0.3 is 18.9 Å². The monoisotopic (exact) mass is 311 g/mol. The van der Waals surface area contributed by atoms with Gasteiger partial charge in [-0.3, -0.25) is 0 Å². The lowest BCUT2D eigenvalue weighted by molar-refractivity contribution is -0.275. The van der Waals surface area contributed by atoms with Crippen molar-refractivity contribution in [1.29, 1.82) is 5.26 Å². The van der Waals surface area contributed by atoms with Crippen molar-refractivity contribution in [2.75, 3.05) is 7.11 Å². The lowest BCUT2D eigenvalue weighted by Crippen LogP contribution is -2.21. The number of nitrogens with zero attached hydrogens (tertiary/aromatic N) is 1. The molecular weight excluding hydrogens is 305 g/mol. The SMILES string of the molecule is COC(=O)c1cc(C#N)cc(OC(F)F)c1OC(F)(F)F. The summed E-state index contributed by atoms with van der Waals surface area (Å²) in [6, 6.07) is 2.76. The van der Waals surface area contributed by atoms with E-state index >= 15 is 0 Å². The van der Waals surface area contributed by atoms with Gasteiger partial charge in [0.05, 0.1) is 18.7 Å². The Kier molecular flexibility index (Phi) is 4.91. The number of carbonyl (C=O) groups is 1. The molecule has 0 aliphatic heterocycles. The number of alkyl halides is 5. The third kappa shape index (κ3) is 4.48. The zero-order valence-electron chi connectivity index (χ0n) is 10.2. The van der Waals surface area contributed by atoms with Crippen molar-refractivity contribution in [3.63, 3.8) is 0 Å². The van der Waals surface area contributed by atoms with Crippen LogP contribution in [0.25, 0.3) is 0 Å². The summed E-state index contributed by atoms with van der Waals surface area (Å²) in [6.45, 7) is -3.49. The lowest BCUT2D eigenvalue weighted by Gasteiger charge is -2.16. The van der Waals surface area contributed by atoms with Crippen molar-refractivity contribution in [3.8, 4) is 17.6 Å². The molecule has 10 heteroatoms. The molecule has 0 fully saturated rings. The van der Waals surface area contributed by atoms with Crippen molar-refractivity contribution in [2.24, 2.45) is 0 Å². The molecule has 0 saturated heterocycles. The van der Waals surface area contributed by atoms with Gasteiger partial charge in [-0.25, -0.2) is 4.79 Å². The summed E-state index contributed by atoms with van der Waals surface area (Å²) in [4.78, 5) is 11.4. The number of ether oxygens (including phenoxy) is 3. The highest BCUT2D eigenvalue weighted by Crippen LogP contribution is 2.38. The number of halogens is 5. The van der Waals surface area contributed by atoms with Gasteiger partial charge in [-0.15, -0.1) is 13.2 Å². The number of methoxy groups -OCH3 is 1. The number of rotatable bonds is 4. The molecule has 0 bridgehead atoms. The van der Waals surface area contributed by atoms with E-state index in [2.05, 4.69) is 14.2 Å². The molecule has 1 rings (SSSR count). The third-order valence-electron chi connectivity index (χ3n) is 2.02. The van der Waals surface area contributed by atoms with Crippen molar-refractivity contribution in [2.45, 2.75) is 13.0 Å². The van der Waals surface area contributed by atoms with E-state index in [9.17, 15) is 26.7 Å². The first-order chi connectivity index (χ1) is 9.67. The molecule has 5 nitrogen and oxygen atoms in total. The van der Waals surface area contributed by atoms with Crippen LogP contribution in [0.4, 0.5) is 22.0 Å². The van der Waals surface area contributed by atoms with Gasteiger partial charge in [-0.1, -0.05) is 0 Å². The van der Waals surface area contributed by atoms with Crippen LogP contribution in [0.1, 0.15) is 15.9 Å². The van der Waals surface area contributed by atoms with E-state index in [-0.39, 0.29) is 5.56 Å². The first-order valence-corrected chi connectivity index (χ1v) is 5.05. The summed E-state index contributed by atoms with van der Waals surface area (Å²) in [5, 5.41) is 8.69. The molecule has 0 unspecified atom stereocenters. The Balaban J connectivity index is 3.51. The fourth-order valence-electron chi connectivity index (χ4n) is 1.33. The van der Waals surface area contributed by atoms with Crippen molar-refractivity contribution in [3.05, 3.63) is 23.3 Å². The second-order valence-corrected chi connectivity index (χ2v) is 3.38. The molecule has 21 heavy (non-hydrogen) atoms. The Morgan fingerprint density at radius 2 is 1.95 bits per heavy atom. The van der Waals surface area contributed by atoms with Gasteiger partial charge < -0.3 is 14.2 Å². The van der Waals surface area contributed by atoms with Crippen LogP contribution in [-0.2, 0) is 4.74 Å². The topological polar surface area (TPSA) is 68.6 Å². The molecular formula is C11H6F5NO4. The summed E-state index contributed by atoms with van der Waals surface area (Å²) < 4.78 is 73.0. The molecule has 114 valence electrons. The van der Waals surface area contributed by atoms with Gasteiger partial charge in [0.2, 0.25) is 0 Å². The Morgan fingerprint density at radius 1 is 1.33 bits per heavy atom. The van der Waals surface area contributed by atoms with E-state index in [4.69, 9.17) is 5.26 Å². The summed E-state index contributed by atoms with van der Waals surface area (Å²) >= 11 is 0. The number of esters is 1. The van der Waals surface area contributed by atoms with E-state index in [0.29, 0.717) is 12.1 Å². The van der Waals surface area contributed by atoms with Gasteiger partial charge in [0.25, 0.3) is 0 Å². The molecule has 0 aromatic heterocycles. The first kappa shape index (κ1) is 16.5. The van der Waals surface area contributed by atoms with Crippen molar-refractivity contribution >= 4 is 5.97 Å². The second-order valence-electron chi connectivity index (χ2n) is 3.38. The largest absolute Gasteiger partial charge is 0.573 e. The fourth-order valence-corrected chi connectivity index (χ4v) is 1.33. The summed E-state index contributed by atoms with van der Waals surface area (Å²) in [5.41, 5.74) is -1.26. The average Bonchev–Trinajstić information content (AvgIpc) is 2.37. The van der Waals surface area contributed by atoms with Crippen molar-refractivity contribution < 1.29 is 41.0 Å².